The number of nitrogens with zero attached hydrogens (tertiary/aromatic N) is 2. The minimum atomic E-state index is 0.503. The third kappa shape index (κ3) is 5.44. The van der Waals surface area contributed by atoms with E-state index in [1.807, 2.05) is 12.1 Å². The summed E-state index contributed by atoms with van der Waals surface area (Å²) in [6.07, 6.45) is 2.75. The number of hydrogen-bond donors (Lipinski definition) is 1. The van der Waals surface area contributed by atoms with Crippen molar-refractivity contribution < 1.29 is 4.74 Å². The van der Waals surface area contributed by atoms with E-state index in [2.05, 4.69) is 41.4 Å². The maximum atomic E-state index is 5.71. The first-order valence-electron chi connectivity index (χ1n) is 7.39. The Labute approximate surface area is 130 Å². The first kappa shape index (κ1) is 15.9. The number of aromatic nitrogens is 2. The Morgan fingerprint density at radius 3 is 2.76 bits per heavy atom. The van der Waals surface area contributed by atoms with E-state index in [1.165, 1.54) is 0 Å². The van der Waals surface area contributed by atoms with Gasteiger partial charge in [-0.1, -0.05) is 20.8 Å². The molecule has 5 heteroatoms. The largest absolute Gasteiger partial charge is 0.486 e. The Morgan fingerprint density at radius 2 is 2.14 bits per heavy atom. The summed E-state index contributed by atoms with van der Waals surface area (Å²) in [6.45, 7) is 8.80. The van der Waals surface area contributed by atoms with Crippen LogP contribution in [0.5, 0.6) is 5.75 Å². The van der Waals surface area contributed by atoms with E-state index in [-0.39, 0.29) is 0 Å². The lowest BCUT2D eigenvalue weighted by molar-refractivity contribution is 0.300. The van der Waals surface area contributed by atoms with Crippen LogP contribution in [0.4, 0.5) is 0 Å². The second-order valence-electron chi connectivity index (χ2n) is 5.38. The number of rotatable bonds is 8. The first-order chi connectivity index (χ1) is 10.2. The number of thiazole rings is 1. The predicted molar refractivity (Wildman–Crippen MR) is 86.6 cm³/mol. The summed E-state index contributed by atoms with van der Waals surface area (Å²) in [5, 5.41) is 6.58. The Bertz CT molecular complexity index is 537. The smallest absolute Gasteiger partial charge is 0.138 e. The molecule has 0 aromatic carbocycles. The van der Waals surface area contributed by atoms with Gasteiger partial charge in [-0.3, -0.25) is 4.98 Å². The van der Waals surface area contributed by atoms with Gasteiger partial charge in [-0.25, -0.2) is 4.98 Å². The number of ether oxygens (including phenoxy) is 1. The van der Waals surface area contributed by atoms with Gasteiger partial charge in [-0.15, -0.1) is 11.3 Å². The molecule has 0 amide bonds. The van der Waals surface area contributed by atoms with Crippen LogP contribution in [0.3, 0.4) is 0 Å². The van der Waals surface area contributed by atoms with E-state index in [9.17, 15) is 0 Å². The molecule has 0 aliphatic heterocycles. The van der Waals surface area contributed by atoms with Crippen molar-refractivity contribution in [3.63, 3.8) is 0 Å². The standard InChI is InChI=1S/C16H23N3OS/c1-4-16-19-14(11-21-16)10-20-15-6-5-13(18-9-15)8-17-7-12(2)3/h5-6,9,11-12,17H,4,7-8,10H2,1-3H3. The third-order valence-electron chi connectivity index (χ3n) is 2.94. The predicted octanol–water partition coefficient (Wildman–Crippen LogP) is 3.43. The fourth-order valence-electron chi connectivity index (χ4n) is 1.82. The van der Waals surface area contributed by atoms with Crippen molar-refractivity contribution in [2.45, 2.75) is 40.3 Å². The summed E-state index contributed by atoms with van der Waals surface area (Å²) in [5.74, 6) is 1.44. The van der Waals surface area contributed by atoms with Crippen LogP contribution in [-0.4, -0.2) is 16.5 Å². The average molecular weight is 305 g/mol. The molecule has 0 spiro atoms. The van der Waals surface area contributed by atoms with Gasteiger partial charge in [0.15, 0.2) is 0 Å². The zero-order valence-electron chi connectivity index (χ0n) is 12.9. The summed E-state index contributed by atoms with van der Waals surface area (Å²) >= 11 is 1.68. The van der Waals surface area contributed by atoms with E-state index >= 15 is 0 Å². The lowest BCUT2D eigenvalue weighted by Crippen LogP contribution is -2.19. The Morgan fingerprint density at radius 1 is 1.29 bits per heavy atom. The van der Waals surface area contributed by atoms with Crippen LogP contribution in [0.25, 0.3) is 0 Å². The zero-order chi connectivity index (χ0) is 15.1. The van der Waals surface area contributed by atoms with Gasteiger partial charge in [-0.2, -0.15) is 0 Å². The van der Waals surface area contributed by atoms with Gasteiger partial charge in [0.2, 0.25) is 0 Å². The molecule has 4 nitrogen and oxygen atoms in total. The topological polar surface area (TPSA) is 47.0 Å². The van der Waals surface area contributed by atoms with Gasteiger partial charge in [0.05, 0.1) is 22.6 Å². The van der Waals surface area contributed by atoms with Gasteiger partial charge in [0.1, 0.15) is 12.4 Å². The Kier molecular flexibility index (Phi) is 6.14. The highest BCUT2D eigenvalue weighted by Crippen LogP contribution is 2.14. The summed E-state index contributed by atoms with van der Waals surface area (Å²) in [4.78, 5) is 8.89. The van der Waals surface area contributed by atoms with Crippen molar-refractivity contribution in [2.75, 3.05) is 6.54 Å². The fraction of sp³-hybridized carbons (Fsp3) is 0.500. The van der Waals surface area contributed by atoms with E-state index < -0.39 is 0 Å². The lowest BCUT2D eigenvalue weighted by Gasteiger charge is -2.08. The average Bonchev–Trinajstić information content (AvgIpc) is 2.94. The normalized spacial score (nSPS) is 11.0. The number of hydrogen-bond acceptors (Lipinski definition) is 5. The fourth-order valence-corrected chi connectivity index (χ4v) is 2.55. The van der Waals surface area contributed by atoms with Crippen molar-refractivity contribution in [1.29, 1.82) is 0 Å². The molecule has 2 heterocycles. The maximum absolute atomic E-state index is 5.71. The SMILES string of the molecule is CCc1nc(COc2ccc(CNCC(C)C)nc2)cs1. The minimum absolute atomic E-state index is 0.503. The molecule has 0 atom stereocenters. The first-order valence-corrected chi connectivity index (χ1v) is 8.27. The van der Waals surface area contributed by atoms with E-state index in [0.29, 0.717) is 12.5 Å². The highest BCUT2D eigenvalue weighted by atomic mass is 32.1. The van der Waals surface area contributed by atoms with Crippen LogP contribution in [0, 0.1) is 5.92 Å². The summed E-state index contributed by atoms with van der Waals surface area (Å²) in [7, 11) is 0. The molecule has 0 unspecified atom stereocenters. The molecule has 0 fully saturated rings. The van der Waals surface area contributed by atoms with Crippen molar-refractivity contribution in [2.24, 2.45) is 5.92 Å². The second kappa shape index (κ2) is 8.10. The lowest BCUT2D eigenvalue weighted by atomic mass is 10.2. The molecule has 0 saturated carbocycles. The zero-order valence-corrected chi connectivity index (χ0v) is 13.7. The van der Waals surface area contributed by atoms with Gasteiger partial charge in [0, 0.05) is 11.9 Å². The van der Waals surface area contributed by atoms with Crippen molar-refractivity contribution in [3.05, 3.63) is 40.1 Å². The second-order valence-corrected chi connectivity index (χ2v) is 6.33. The minimum Gasteiger partial charge on any atom is -0.486 e. The maximum Gasteiger partial charge on any atom is 0.138 e. The summed E-state index contributed by atoms with van der Waals surface area (Å²) < 4.78 is 5.71. The van der Waals surface area contributed by atoms with Crippen LogP contribution in [0.2, 0.25) is 0 Å². The van der Waals surface area contributed by atoms with Crippen molar-refractivity contribution in [3.8, 4) is 5.75 Å². The Hall–Kier alpha value is -1.46. The molecule has 2 rings (SSSR count). The van der Waals surface area contributed by atoms with E-state index in [4.69, 9.17) is 4.74 Å². The Balaban J connectivity index is 1.79. The van der Waals surface area contributed by atoms with Gasteiger partial charge < -0.3 is 10.1 Å². The molecular formula is C16H23N3OS. The molecule has 0 radical (unpaired) electrons. The van der Waals surface area contributed by atoms with Gasteiger partial charge in [0.25, 0.3) is 0 Å². The number of aryl methyl sites for hydroxylation is 1. The highest BCUT2D eigenvalue weighted by molar-refractivity contribution is 7.09. The molecule has 114 valence electrons. The molecule has 2 aromatic rings. The molecule has 0 aliphatic carbocycles. The summed E-state index contributed by atoms with van der Waals surface area (Å²) in [5.41, 5.74) is 2.02. The quantitative estimate of drug-likeness (QED) is 0.811. The van der Waals surface area contributed by atoms with Crippen LogP contribution in [-0.2, 0) is 19.6 Å². The van der Waals surface area contributed by atoms with E-state index in [0.717, 1.165) is 41.7 Å². The van der Waals surface area contributed by atoms with Crippen LogP contribution in [0.1, 0.15) is 37.2 Å². The molecule has 0 saturated heterocycles. The number of pyridine rings is 1. The molecule has 2 aromatic heterocycles. The molecular weight excluding hydrogens is 282 g/mol. The van der Waals surface area contributed by atoms with Crippen molar-refractivity contribution in [1.82, 2.24) is 15.3 Å². The summed E-state index contributed by atoms with van der Waals surface area (Å²) in [6, 6.07) is 3.97. The van der Waals surface area contributed by atoms with Gasteiger partial charge >= 0.3 is 0 Å². The molecule has 0 bridgehead atoms. The number of nitrogens with one attached hydrogen (secondary N) is 1. The molecule has 21 heavy (non-hydrogen) atoms. The van der Waals surface area contributed by atoms with Crippen molar-refractivity contribution >= 4 is 11.3 Å². The monoisotopic (exact) mass is 305 g/mol. The van der Waals surface area contributed by atoms with Gasteiger partial charge in [-0.05, 0) is 31.0 Å². The van der Waals surface area contributed by atoms with Crippen LogP contribution >= 0.6 is 11.3 Å². The third-order valence-corrected chi connectivity index (χ3v) is 3.99. The van der Waals surface area contributed by atoms with Crippen LogP contribution < -0.4 is 10.1 Å². The molecule has 0 aliphatic rings. The highest BCUT2D eigenvalue weighted by Gasteiger charge is 2.02. The molecule has 1 N–H and O–H groups in total. The van der Waals surface area contributed by atoms with Crippen LogP contribution in [0.15, 0.2) is 23.7 Å². The van der Waals surface area contributed by atoms with E-state index in [1.54, 1.807) is 17.5 Å².